The van der Waals surface area contributed by atoms with Crippen LogP contribution in [-0.2, 0) is 0 Å². The van der Waals surface area contributed by atoms with E-state index in [2.05, 4.69) is 31.4 Å². The van der Waals surface area contributed by atoms with Gasteiger partial charge in [0.1, 0.15) is 33.8 Å². The number of rotatable bonds is 2. The fourth-order valence-electron chi connectivity index (χ4n) is 2.88. The van der Waals surface area contributed by atoms with Crippen molar-refractivity contribution < 1.29 is 0 Å². The van der Waals surface area contributed by atoms with Crippen LogP contribution < -0.4 is 10.2 Å². The topological polar surface area (TPSA) is 82.1 Å². The van der Waals surface area contributed by atoms with Crippen molar-refractivity contribution in [1.82, 2.24) is 24.9 Å². The maximum Gasteiger partial charge on any atom is 0.148 e. The van der Waals surface area contributed by atoms with Crippen molar-refractivity contribution in [3.63, 3.8) is 0 Å². The van der Waals surface area contributed by atoms with Gasteiger partial charge >= 0.3 is 0 Å². The summed E-state index contributed by atoms with van der Waals surface area (Å²) in [6, 6.07) is 6.07. The van der Waals surface area contributed by atoms with Gasteiger partial charge in [-0.15, -0.1) is 0 Å². The van der Waals surface area contributed by atoms with Crippen LogP contribution in [0.3, 0.4) is 0 Å². The molecule has 0 radical (unpaired) electrons. The Hall–Kier alpha value is -2.69. The Labute approximate surface area is 143 Å². The van der Waals surface area contributed by atoms with Crippen LogP contribution in [0.2, 0.25) is 5.15 Å². The van der Waals surface area contributed by atoms with E-state index in [1.165, 1.54) is 6.20 Å². The lowest BCUT2D eigenvalue weighted by molar-refractivity contribution is 0.585. The molecule has 0 unspecified atom stereocenters. The Morgan fingerprint density at radius 1 is 1.21 bits per heavy atom. The molecular formula is C16H14ClN7. The van der Waals surface area contributed by atoms with Gasteiger partial charge in [0.25, 0.3) is 0 Å². The van der Waals surface area contributed by atoms with Gasteiger partial charge in [0, 0.05) is 37.9 Å². The second-order valence-electron chi connectivity index (χ2n) is 5.52. The van der Waals surface area contributed by atoms with Crippen molar-refractivity contribution in [2.24, 2.45) is 0 Å². The monoisotopic (exact) mass is 339 g/mol. The number of piperazine rings is 1. The maximum absolute atomic E-state index is 9.29. The zero-order valence-electron chi connectivity index (χ0n) is 12.8. The summed E-state index contributed by atoms with van der Waals surface area (Å²) >= 11 is 6.09. The van der Waals surface area contributed by atoms with Gasteiger partial charge in [-0.25, -0.2) is 14.5 Å². The van der Waals surface area contributed by atoms with Crippen LogP contribution in [0.25, 0.3) is 16.8 Å². The largest absolute Gasteiger partial charge is 0.354 e. The van der Waals surface area contributed by atoms with E-state index in [-0.39, 0.29) is 0 Å². The third kappa shape index (κ3) is 2.56. The third-order valence-electron chi connectivity index (χ3n) is 4.05. The van der Waals surface area contributed by atoms with Crippen LogP contribution >= 0.6 is 11.6 Å². The van der Waals surface area contributed by atoms with Gasteiger partial charge in [0.15, 0.2) is 0 Å². The van der Waals surface area contributed by atoms with E-state index in [9.17, 15) is 5.26 Å². The molecule has 8 heteroatoms. The molecule has 1 N–H and O–H groups in total. The summed E-state index contributed by atoms with van der Waals surface area (Å²) < 4.78 is 1.58. The highest BCUT2D eigenvalue weighted by Crippen LogP contribution is 2.27. The number of nitrogens with zero attached hydrogens (tertiary/aromatic N) is 6. The molecule has 0 bridgehead atoms. The zero-order valence-corrected chi connectivity index (χ0v) is 13.5. The first-order valence-electron chi connectivity index (χ1n) is 7.62. The summed E-state index contributed by atoms with van der Waals surface area (Å²) in [5, 5.41) is 17.1. The normalized spacial score (nSPS) is 14.8. The lowest BCUT2D eigenvalue weighted by Gasteiger charge is -2.28. The van der Waals surface area contributed by atoms with Crippen LogP contribution in [0.15, 0.2) is 30.7 Å². The molecule has 4 rings (SSSR count). The minimum atomic E-state index is 0.316. The Bertz CT molecular complexity index is 920. The average Bonchev–Trinajstić information content (AvgIpc) is 3.05. The summed E-state index contributed by atoms with van der Waals surface area (Å²) in [7, 11) is 0. The number of pyridine rings is 1. The smallest absolute Gasteiger partial charge is 0.148 e. The zero-order chi connectivity index (χ0) is 16.5. The second-order valence-corrected chi connectivity index (χ2v) is 5.90. The Balaban J connectivity index is 1.77. The van der Waals surface area contributed by atoms with Crippen LogP contribution in [-0.4, -0.2) is 45.8 Å². The first-order chi connectivity index (χ1) is 11.8. The van der Waals surface area contributed by atoms with E-state index in [0.717, 1.165) is 37.6 Å². The Morgan fingerprint density at radius 3 is 2.75 bits per heavy atom. The molecule has 1 aliphatic heterocycles. The van der Waals surface area contributed by atoms with E-state index in [1.54, 1.807) is 16.9 Å². The highest BCUT2D eigenvalue weighted by Gasteiger charge is 2.16. The molecule has 0 amide bonds. The molecule has 0 aromatic carbocycles. The lowest BCUT2D eigenvalue weighted by atomic mass is 10.1. The highest BCUT2D eigenvalue weighted by molar-refractivity contribution is 6.29. The van der Waals surface area contributed by atoms with E-state index >= 15 is 0 Å². The fraction of sp³-hybridized carbons (Fsp3) is 0.250. The summed E-state index contributed by atoms with van der Waals surface area (Å²) in [6.45, 7) is 3.79. The molecule has 0 spiro atoms. The molecule has 24 heavy (non-hydrogen) atoms. The van der Waals surface area contributed by atoms with Crippen LogP contribution in [0.5, 0.6) is 0 Å². The van der Waals surface area contributed by atoms with Crippen LogP contribution in [0.4, 0.5) is 5.82 Å². The van der Waals surface area contributed by atoms with Gasteiger partial charge < -0.3 is 10.2 Å². The summed E-state index contributed by atoms with van der Waals surface area (Å²) in [4.78, 5) is 11.2. The molecule has 1 aliphatic rings. The number of anilines is 1. The maximum atomic E-state index is 9.29. The van der Waals surface area contributed by atoms with Gasteiger partial charge in [-0.3, -0.25) is 0 Å². The van der Waals surface area contributed by atoms with Gasteiger partial charge in [0.2, 0.25) is 0 Å². The Morgan fingerprint density at radius 2 is 2.04 bits per heavy atom. The standard InChI is InChI=1S/C16H14ClN7/c17-13-10-24-16(12(7-18)9-21-24)15(22-13)11-1-2-14(20-8-11)23-5-3-19-4-6-23/h1-2,8-10,19H,3-6H2. The molecule has 1 saturated heterocycles. The van der Waals surface area contributed by atoms with Crippen molar-refractivity contribution >= 4 is 22.9 Å². The van der Waals surface area contributed by atoms with E-state index < -0.39 is 0 Å². The molecule has 3 aromatic heterocycles. The molecule has 7 nitrogen and oxygen atoms in total. The van der Waals surface area contributed by atoms with Crippen molar-refractivity contribution in [2.75, 3.05) is 31.1 Å². The van der Waals surface area contributed by atoms with Crippen LogP contribution in [0, 0.1) is 11.3 Å². The van der Waals surface area contributed by atoms with E-state index in [1.807, 2.05) is 12.1 Å². The van der Waals surface area contributed by atoms with E-state index in [4.69, 9.17) is 11.6 Å². The van der Waals surface area contributed by atoms with Gasteiger partial charge in [-0.05, 0) is 12.1 Å². The molecule has 120 valence electrons. The quantitative estimate of drug-likeness (QED) is 0.765. The molecule has 0 aliphatic carbocycles. The van der Waals surface area contributed by atoms with Gasteiger partial charge in [-0.1, -0.05) is 11.6 Å². The minimum Gasteiger partial charge on any atom is -0.354 e. The van der Waals surface area contributed by atoms with Crippen LogP contribution in [0.1, 0.15) is 5.56 Å². The molecule has 4 heterocycles. The highest BCUT2D eigenvalue weighted by atomic mass is 35.5. The van der Waals surface area contributed by atoms with E-state index in [0.29, 0.717) is 21.9 Å². The predicted octanol–water partition coefficient (Wildman–Crippen LogP) is 1.73. The number of nitrogens with one attached hydrogen (secondary N) is 1. The first kappa shape index (κ1) is 14.9. The SMILES string of the molecule is N#Cc1cnn2cc(Cl)nc(-c3ccc(N4CCNCC4)nc3)c12. The molecule has 1 fully saturated rings. The average molecular weight is 340 g/mol. The fourth-order valence-corrected chi connectivity index (χ4v) is 3.05. The Kier molecular flexibility index (Phi) is 3.76. The number of hydrogen-bond donors (Lipinski definition) is 1. The number of fused-ring (bicyclic) bond motifs is 1. The molecular weight excluding hydrogens is 326 g/mol. The number of hydrogen-bond acceptors (Lipinski definition) is 6. The molecule has 0 saturated carbocycles. The summed E-state index contributed by atoms with van der Waals surface area (Å²) in [5.41, 5.74) is 2.51. The molecule has 3 aromatic rings. The summed E-state index contributed by atoms with van der Waals surface area (Å²) in [5.74, 6) is 0.937. The third-order valence-corrected chi connectivity index (χ3v) is 4.23. The number of aromatic nitrogens is 4. The van der Waals surface area contributed by atoms with Crippen molar-refractivity contribution in [3.05, 3.63) is 41.4 Å². The van der Waals surface area contributed by atoms with Crippen molar-refractivity contribution in [3.8, 4) is 17.3 Å². The number of nitriles is 1. The van der Waals surface area contributed by atoms with Gasteiger partial charge in [0.05, 0.1) is 12.4 Å². The van der Waals surface area contributed by atoms with Crippen molar-refractivity contribution in [2.45, 2.75) is 0 Å². The first-order valence-corrected chi connectivity index (χ1v) is 8.00. The lowest BCUT2D eigenvalue weighted by Crippen LogP contribution is -2.43. The minimum absolute atomic E-state index is 0.316. The van der Waals surface area contributed by atoms with Crippen molar-refractivity contribution in [1.29, 1.82) is 5.26 Å². The summed E-state index contributed by atoms with van der Waals surface area (Å²) in [6.07, 6.45) is 4.87. The van der Waals surface area contributed by atoms with Gasteiger partial charge in [-0.2, -0.15) is 10.4 Å². The molecule has 0 atom stereocenters. The number of halogens is 1. The second kappa shape index (κ2) is 6.07. The predicted molar refractivity (Wildman–Crippen MR) is 91.0 cm³/mol.